The number of sulfone groups is 1. The van der Waals surface area contributed by atoms with E-state index in [9.17, 15) is 13.2 Å². The first kappa shape index (κ1) is 11.8. The second kappa shape index (κ2) is 4.97. The molecule has 0 aliphatic rings. The molecular weight excluding hydrogens is 216 g/mol. The molecule has 0 aliphatic heterocycles. The fourth-order valence-corrected chi connectivity index (χ4v) is 1.72. The molecule has 0 saturated carbocycles. The van der Waals surface area contributed by atoms with Crippen molar-refractivity contribution in [3.8, 4) is 0 Å². The Labute approximate surface area is 88.5 Å². The van der Waals surface area contributed by atoms with Gasteiger partial charge in [0, 0.05) is 25.1 Å². The number of Topliss-reactive ketones (excluding diaryl/α,β-unsaturated/α-hetero) is 1. The van der Waals surface area contributed by atoms with Gasteiger partial charge in [0.2, 0.25) is 0 Å². The summed E-state index contributed by atoms with van der Waals surface area (Å²) in [6.45, 7) is 0. The van der Waals surface area contributed by atoms with Crippen molar-refractivity contribution < 1.29 is 13.2 Å². The molecule has 1 heterocycles. The molecule has 0 fully saturated rings. The van der Waals surface area contributed by atoms with Crippen LogP contribution < -0.4 is 0 Å². The quantitative estimate of drug-likeness (QED) is 0.685. The van der Waals surface area contributed by atoms with Gasteiger partial charge in [-0.2, -0.15) is 0 Å². The summed E-state index contributed by atoms with van der Waals surface area (Å²) in [7, 11) is -3.00. The molecule has 0 spiro atoms. The number of nitrogens with zero attached hydrogens (tertiary/aromatic N) is 2. The van der Waals surface area contributed by atoms with Crippen LogP contribution >= 0.6 is 0 Å². The van der Waals surface area contributed by atoms with Crippen molar-refractivity contribution in [3.05, 3.63) is 24.3 Å². The third kappa shape index (κ3) is 4.64. The van der Waals surface area contributed by atoms with Gasteiger partial charge in [0.25, 0.3) is 0 Å². The summed E-state index contributed by atoms with van der Waals surface area (Å²) >= 11 is 0. The monoisotopic (exact) mass is 228 g/mol. The van der Waals surface area contributed by atoms with E-state index in [0.29, 0.717) is 6.42 Å². The van der Waals surface area contributed by atoms with E-state index in [0.717, 1.165) is 6.26 Å². The normalized spacial score (nSPS) is 11.3. The second-order valence-corrected chi connectivity index (χ2v) is 5.49. The Bertz CT molecular complexity index is 428. The lowest BCUT2D eigenvalue weighted by Gasteiger charge is -1.98. The molecule has 0 amide bonds. The molecule has 0 radical (unpaired) electrons. The zero-order chi connectivity index (χ0) is 11.3. The van der Waals surface area contributed by atoms with Crippen LogP contribution in [0.15, 0.2) is 18.5 Å². The molecule has 1 aromatic heterocycles. The average molecular weight is 228 g/mol. The summed E-state index contributed by atoms with van der Waals surface area (Å²) in [6, 6.07) is 1.62. The maximum absolute atomic E-state index is 11.4. The number of rotatable bonds is 5. The third-order valence-corrected chi connectivity index (χ3v) is 2.76. The SMILES string of the molecule is CS(=O)(=O)CCCC(=O)c1ncccn1. The van der Waals surface area contributed by atoms with Gasteiger partial charge < -0.3 is 0 Å². The summed E-state index contributed by atoms with van der Waals surface area (Å²) < 4.78 is 21.6. The maximum atomic E-state index is 11.4. The van der Waals surface area contributed by atoms with Gasteiger partial charge in [-0.05, 0) is 12.5 Å². The molecule has 6 heteroatoms. The Kier molecular flexibility index (Phi) is 3.90. The van der Waals surface area contributed by atoms with E-state index in [1.165, 1.54) is 12.4 Å². The van der Waals surface area contributed by atoms with Gasteiger partial charge in [-0.15, -0.1) is 0 Å². The molecule has 82 valence electrons. The van der Waals surface area contributed by atoms with Gasteiger partial charge in [-0.1, -0.05) is 0 Å². The van der Waals surface area contributed by atoms with E-state index in [4.69, 9.17) is 0 Å². The lowest BCUT2D eigenvalue weighted by Crippen LogP contribution is -2.08. The topological polar surface area (TPSA) is 77.0 Å². The van der Waals surface area contributed by atoms with Crippen molar-refractivity contribution in [2.24, 2.45) is 0 Å². The summed E-state index contributed by atoms with van der Waals surface area (Å²) in [4.78, 5) is 19.0. The van der Waals surface area contributed by atoms with Crippen molar-refractivity contribution in [1.29, 1.82) is 0 Å². The van der Waals surface area contributed by atoms with Gasteiger partial charge in [-0.25, -0.2) is 18.4 Å². The molecule has 0 aliphatic carbocycles. The van der Waals surface area contributed by atoms with Crippen LogP contribution in [0.5, 0.6) is 0 Å². The van der Waals surface area contributed by atoms with Gasteiger partial charge >= 0.3 is 0 Å². The highest BCUT2D eigenvalue weighted by Crippen LogP contribution is 2.00. The first-order chi connectivity index (χ1) is 6.99. The Hall–Kier alpha value is -1.30. The number of aromatic nitrogens is 2. The lowest BCUT2D eigenvalue weighted by atomic mass is 10.2. The molecule has 0 atom stereocenters. The molecule has 1 rings (SSSR count). The smallest absolute Gasteiger partial charge is 0.200 e. The highest BCUT2D eigenvalue weighted by molar-refractivity contribution is 7.90. The third-order valence-electron chi connectivity index (χ3n) is 1.73. The summed E-state index contributed by atoms with van der Waals surface area (Å²) in [5.41, 5.74) is 0. The van der Waals surface area contributed by atoms with Crippen LogP contribution in [-0.4, -0.2) is 36.2 Å². The number of hydrogen-bond donors (Lipinski definition) is 0. The summed E-state index contributed by atoms with van der Waals surface area (Å²) in [5, 5.41) is 0. The summed E-state index contributed by atoms with van der Waals surface area (Å²) in [5.74, 6) is -0.0591. The number of carbonyl (C=O) groups excluding carboxylic acids is 1. The van der Waals surface area contributed by atoms with Crippen molar-refractivity contribution in [2.45, 2.75) is 12.8 Å². The molecule has 0 N–H and O–H groups in total. The molecular formula is C9H12N2O3S. The van der Waals surface area contributed by atoms with Gasteiger partial charge in [0.05, 0.1) is 5.75 Å². The van der Waals surface area contributed by atoms with Crippen LogP contribution in [0.25, 0.3) is 0 Å². The van der Waals surface area contributed by atoms with E-state index in [1.807, 2.05) is 0 Å². The highest BCUT2D eigenvalue weighted by atomic mass is 32.2. The van der Waals surface area contributed by atoms with Crippen molar-refractivity contribution in [3.63, 3.8) is 0 Å². The second-order valence-electron chi connectivity index (χ2n) is 3.23. The van der Waals surface area contributed by atoms with E-state index in [2.05, 4.69) is 9.97 Å². The number of ketones is 1. The zero-order valence-electron chi connectivity index (χ0n) is 8.38. The molecule has 0 aromatic carbocycles. The van der Waals surface area contributed by atoms with E-state index >= 15 is 0 Å². The average Bonchev–Trinajstić information content (AvgIpc) is 2.17. The maximum Gasteiger partial charge on any atom is 0.200 e. The van der Waals surface area contributed by atoms with E-state index in [1.54, 1.807) is 6.07 Å². The van der Waals surface area contributed by atoms with Crippen LogP contribution in [0.3, 0.4) is 0 Å². The number of carbonyl (C=O) groups is 1. The predicted octanol–water partition coefficient (Wildman–Crippen LogP) is 0.484. The Morgan fingerprint density at radius 2 is 1.93 bits per heavy atom. The minimum Gasteiger partial charge on any atom is -0.291 e. The molecule has 1 aromatic rings. The fraction of sp³-hybridized carbons (Fsp3) is 0.444. The largest absolute Gasteiger partial charge is 0.291 e. The zero-order valence-corrected chi connectivity index (χ0v) is 9.20. The molecule has 5 nitrogen and oxygen atoms in total. The van der Waals surface area contributed by atoms with Crippen LogP contribution in [0, 0.1) is 0 Å². The summed E-state index contributed by atoms with van der Waals surface area (Å²) in [6.07, 6.45) is 4.59. The minimum atomic E-state index is -3.00. The van der Waals surface area contributed by atoms with Crippen LogP contribution in [0.1, 0.15) is 23.5 Å². The molecule has 15 heavy (non-hydrogen) atoms. The predicted molar refractivity (Wildman–Crippen MR) is 55.3 cm³/mol. The van der Waals surface area contributed by atoms with E-state index < -0.39 is 9.84 Å². The van der Waals surface area contributed by atoms with Crippen LogP contribution in [0.4, 0.5) is 0 Å². The lowest BCUT2D eigenvalue weighted by molar-refractivity contribution is 0.0972. The number of hydrogen-bond acceptors (Lipinski definition) is 5. The molecule has 0 bridgehead atoms. The first-order valence-electron chi connectivity index (χ1n) is 4.47. The van der Waals surface area contributed by atoms with Crippen molar-refractivity contribution in [2.75, 3.05) is 12.0 Å². The van der Waals surface area contributed by atoms with Gasteiger partial charge in [0.15, 0.2) is 11.6 Å². The van der Waals surface area contributed by atoms with Gasteiger partial charge in [-0.3, -0.25) is 4.79 Å². The Morgan fingerprint density at radius 1 is 1.33 bits per heavy atom. The standard InChI is InChI=1S/C9H12N2O3S/c1-15(13,14)7-2-4-8(12)9-10-5-3-6-11-9/h3,5-6H,2,4,7H2,1H3. The molecule has 0 unspecified atom stereocenters. The first-order valence-corrected chi connectivity index (χ1v) is 6.53. The van der Waals surface area contributed by atoms with Crippen molar-refractivity contribution in [1.82, 2.24) is 9.97 Å². The van der Waals surface area contributed by atoms with Crippen LogP contribution in [-0.2, 0) is 9.84 Å². The Balaban J connectivity index is 2.45. The van der Waals surface area contributed by atoms with Crippen LogP contribution in [0.2, 0.25) is 0 Å². The molecule has 0 saturated heterocycles. The van der Waals surface area contributed by atoms with Crippen molar-refractivity contribution >= 4 is 15.6 Å². The van der Waals surface area contributed by atoms with E-state index in [-0.39, 0.29) is 23.8 Å². The minimum absolute atomic E-state index is 0.0194. The Morgan fingerprint density at radius 3 is 2.47 bits per heavy atom. The fourth-order valence-electron chi connectivity index (χ4n) is 1.05. The highest BCUT2D eigenvalue weighted by Gasteiger charge is 2.09. The van der Waals surface area contributed by atoms with Gasteiger partial charge in [0.1, 0.15) is 9.84 Å².